The average Bonchev–Trinajstić information content (AvgIpc) is 2.88. The number of nitrogens with zero attached hydrogens (tertiary/aromatic N) is 1. The summed E-state index contributed by atoms with van der Waals surface area (Å²) in [5.41, 5.74) is 2.69. The van der Waals surface area contributed by atoms with Crippen LogP contribution in [0.1, 0.15) is 17.2 Å². The molecule has 1 fully saturated rings. The molecular formula is C15H20N2O. The molecule has 3 nitrogen and oxygen atoms in total. The summed E-state index contributed by atoms with van der Waals surface area (Å²) in [5, 5.41) is 3.39. The van der Waals surface area contributed by atoms with Gasteiger partial charge in [-0.1, -0.05) is 18.2 Å². The molecule has 1 N–H and O–H groups in total. The third-order valence-electron chi connectivity index (χ3n) is 3.82. The van der Waals surface area contributed by atoms with Crippen molar-refractivity contribution in [2.24, 2.45) is 0 Å². The van der Waals surface area contributed by atoms with Gasteiger partial charge in [0.25, 0.3) is 0 Å². The number of nitrogens with one attached hydrogen (secondary N) is 1. The van der Waals surface area contributed by atoms with Crippen molar-refractivity contribution in [3.63, 3.8) is 0 Å². The first-order valence-electron chi connectivity index (χ1n) is 6.71. The van der Waals surface area contributed by atoms with E-state index < -0.39 is 0 Å². The van der Waals surface area contributed by atoms with Crippen LogP contribution in [0.3, 0.4) is 0 Å². The molecule has 0 unspecified atom stereocenters. The molecule has 1 aromatic rings. The second-order valence-electron chi connectivity index (χ2n) is 4.93. The largest absolute Gasteiger partial charge is 0.493 e. The Morgan fingerprint density at radius 1 is 1.33 bits per heavy atom. The third-order valence-corrected chi connectivity index (χ3v) is 3.82. The summed E-state index contributed by atoms with van der Waals surface area (Å²) in [6, 6.07) is 6.91. The van der Waals surface area contributed by atoms with Crippen molar-refractivity contribution < 1.29 is 4.74 Å². The van der Waals surface area contributed by atoms with Crippen LogP contribution in [0.25, 0.3) is 0 Å². The van der Waals surface area contributed by atoms with E-state index in [0.717, 1.165) is 45.0 Å². The van der Waals surface area contributed by atoms with Gasteiger partial charge < -0.3 is 10.1 Å². The fourth-order valence-electron chi connectivity index (χ4n) is 2.85. The zero-order valence-corrected chi connectivity index (χ0v) is 10.7. The Labute approximate surface area is 108 Å². The minimum absolute atomic E-state index is 0.331. The molecule has 0 aromatic heterocycles. The molecular weight excluding hydrogens is 224 g/mol. The van der Waals surface area contributed by atoms with Crippen LogP contribution in [0.15, 0.2) is 30.9 Å². The lowest BCUT2D eigenvalue weighted by Crippen LogP contribution is -2.44. The first kappa shape index (κ1) is 11.8. The minimum atomic E-state index is 0.331. The monoisotopic (exact) mass is 244 g/mol. The van der Waals surface area contributed by atoms with Crippen molar-refractivity contribution in [3.05, 3.63) is 42.0 Å². The molecule has 0 saturated carbocycles. The highest BCUT2D eigenvalue weighted by molar-refractivity contribution is 5.41. The second kappa shape index (κ2) is 5.12. The summed E-state index contributed by atoms with van der Waals surface area (Å²) in [6.07, 6.45) is 3.09. The fraction of sp³-hybridized carbons (Fsp3) is 0.467. The Kier molecular flexibility index (Phi) is 3.35. The average molecular weight is 244 g/mol. The summed E-state index contributed by atoms with van der Waals surface area (Å²) < 4.78 is 5.56. The van der Waals surface area contributed by atoms with Crippen LogP contribution in [-0.4, -0.2) is 37.7 Å². The lowest BCUT2D eigenvalue weighted by atomic mass is 10.0. The number of benzene rings is 1. The predicted molar refractivity (Wildman–Crippen MR) is 73.0 cm³/mol. The smallest absolute Gasteiger partial charge is 0.122 e. The number of ether oxygens (including phenoxy) is 1. The topological polar surface area (TPSA) is 24.5 Å². The van der Waals surface area contributed by atoms with Gasteiger partial charge in [0.05, 0.1) is 12.6 Å². The predicted octanol–water partition coefficient (Wildman–Crippen LogP) is 1.75. The molecule has 18 heavy (non-hydrogen) atoms. The number of piperazine rings is 1. The molecule has 1 aromatic carbocycles. The molecule has 0 radical (unpaired) electrons. The van der Waals surface area contributed by atoms with Crippen molar-refractivity contribution in [2.45, 2.75) is 12.5 Å². The van der Waals surface area contributed by atoms with Gasteiger partial charge in [0, 0.05) is 32.6 Å². The molecule has 96 valence electrons. The van der Waals surface area contributed by atoms with Crippen LogP contribution in [-0.2, 0) is 6.42 Å². The number of rotatable bonds is 3. The summed E-state index contributed by atoms with van der Waals surface area (Å²) in [7, 11) is 0. The van der Waals surface area contributed by atoms with Crippen LogP contribution in [0.5, 0.6) is 5.75 Å². The van der Waals surface area contributed by atoms with E-state index in [-0.39, 0.29) is 0 Å². The molecule has 0 aliphatic carbocycles. The van der Waals surface area contributed by atoms with Gasteiger partial charge in [-0.3, -0.25) is 4.90 Å². The molecule has 1 atom stereocenters. The first-order chi connectivity index (χ1) is 8.88. The zero-order valence-electron chi connectivity index (χ0n) is 10.7. The van der Waals surface area contributed by atoms with E-state index in [0.29, 0.717) is 6.04 Å². The number of hydrogen-bond acceptors (Lipinski definition) is 3. The molecule has 0 amide bonds. The third kappa shape index (κ3) is 2.16. The number of hydrogen-bond donors (Lipinski definition) is 1. The number of fused-ring (bicyclic) bond motifs is 1. The maximum atomic E-state index is 5.56. The van der Waals surface area contributed by atoms with Crippen LogP contribution >= 0.6 is 0 Å². The SMILES string of the molecule is C=C[C@@H](c1ccc2c(c1)CCO2)N1CCNCC1. The van der Waals surface area contributed by atoms with Gasteiger partial charge in [0.15, 0.2) is 0 Å². The zero-order chi connectivity index (χ0) is 12.4. The van der Waals surface area contributed by atoms with Crippen LogP contribution < -0.4 is 10.1 Å². The van der Waals surface area contributed by atoms with Crippen molar-refractivity contribution in [3.8, 4) is 5.75 Å². The van der Waals surface area contributed by atoms with Gasteiger partial charge in [-0.25, -0.2) is 0 Å². The summed E-state index contributed by atoms with van der Waals surface area (Å²) in [6.45, 7) is 9.15. The van der Waals surface area contributed by atoms with E-state index in [1.807, 2.05) is 0 Å². The van der Waals surface area contributed by atoms with Gasteiger partial charge in [0.2, 0.25) is 0 Å². The van der Waals surface area contributed by atoms with Crippen molar-refractivity contribution in [2.75, 3.05) is 32.8 Å². The van der Waals surface area contributed by atoms with Gasteiger partial charge in [-0.15, -0.1) is 6.58 Å². The van der Waals surface area contributed by atoms with Crippen molar-refractivity contribution in [1.29, 1.82) is 0 Å². The van der Waals surface area contributed by atoms with Gasteiger partial charge in [-0.05, 0) is 17.2 Å². The molecule has 2 aliphatic rings. The van der Waals surface area contributed by atoms with Gasteiger partial charge in [0.1, 0.15) is 5.75 Å². The normalized spacial score (nSPS) is 21.1. The van der Waals surface area contributed by atoms with Gasteiger partial charge in [-0.2, -0.15) is 0 Å². The highest BCUT2D eigenvalue weighted by Crippen LogP contribution is 2.30. The Morgan fingerprint density at radius 2 is 2.17 bits per heavy atom. The van der Waals surface area contributed by atoms with E-state index in [9.17, 15) is 0 Å². The van der Waals surface area contributed by atoms with E-state index in [1.54, 1.807) is 0 Å². The van der Waals surface area contributed by atoms with E-state index in [1.165, 1.54) is 11.1 Å². The Balaban J connectivity index is 1.84. The highest BCUT2D eigenvalue weighted by atomic mass is 16.5. The molecule has 2 heterocycles. The maximum Gasteiger partial charge on any atom is 0.122 e. The van der Waals surface area contributed by atoms with E-state index in [2.05, 4.69) is 41.1 Å². The summed E-state index contributed by atoms with van der Waals surface area (Å²) >= 11 is 0. The second-order valence-corrected chi connectivity index (χ2v) is 4.93. The summed E-state index contributed by atoms with van der Waals surface area (Å²) in [4.78, 5) is 2.49. The molecule has 0 bridgehead atoms. The van der Waals surface area contributed by atoms with Crippen molar-refractivity contribution in [1.82, 2.24) is 10.2 Å². The van der Waals surface area contributed by atoms with Crippen molar-refractivity contribution >= 4 is 0 Å². The minimum Gasteiger partial charge on any atom is -0.493 e. The highest BCUT2D eigenvalue weighted by Gasteiger charge is 2.21. The Hall–Kier alpha value is -1.32. The lowest BCUT2D eigenvalue weighted by molar-refractivity contribution is 0.203. The lowest BCUT2D eigenvalue weighted by Gasteiger charge is -2.33. The fourth-order valence-corrected chi connectivity index (χ4v) is 2.85. The molecule has 3 heteroatoms. The molecule has 1 saturated heterocycles. The molecule has 2 aliphatic heterocycles. The van der Waals surface area contributed by atoms with Crippen LogP contribution in [0.2, 0.25) is 0 Å². The van der Waals surface area contributed by atoms with Crippen LogP contribution in [0.4, 0.5) is 0 Å². The van der Waals surface area contributed by atoms with Crippen LogP contribution in [0, 0.1) is 0 Å². The standard InChI is InChI=1S/C15H20N2O/c1-2-14(17-8-6-16-7-9-17)12-3-4-15-13(11-12)5-10-18-15/h2-4,11,14,16H,1,5-10H2/t14-/m0/s1. The summed E-state index contributed by atoms with van der Waals surface area (Å²) in [5.74, 6) is 1.06. The Morgan fingerprint density at radius 3 is 2.94 bits per heavy atom. The quantitative estimate of drug-likeness (QED) is 0.820. The maximum absolute atomic E-state index is 5.56. The van der Waals surface area contributed by atoms with E-state index in [4.69, 9.17) is 4.74 Å². The molecule has 3 rings (SSSR count). The first-order valence-corrected chi connectivity index (χ1v) is 6.71. The van der Waals surface area contributed by atoms with Gasteiger partial charge >= 0.3 is 0 Å². The Bertz CT molecular complexity index is 438. The molecule has 0 spiro atoms. The van der Waals surface area contributed by atoms with E-state index >= 15 is 0 Å².